The molecule has 7 nitrogen and oxygen atoms in total. The number of rotatable bonds is 3. The van der Waals surface area contributed by atoms with E-state index in [1.165, 1.54) is 25.3 Å². The van der Waals surface area contributed by atoms with E-state index in [4.69, 9.17) is 22.1 Å². The lowest BCUT2D eigenvalue weighted by Crippen LogP contribution is -2.46. The molecule has 3 rings (SSSR count). The number of hydrogen-bond donors (Lipinski definition) is 2. The largest absolute Gasteiger partial charge is 0.454 e. The van der Waals surface area contributed by atoms with Gasteiger partial charge in [-0.3, -0.25) is 4.79 Å². The van der Waals surface area contributed by atoms with Crippen LogP contribution >= 0.6 is 11.6 Å². The standard InChI is InChI=1S/C17H14ClF4N5O2/c1-16(5-12(17(20,21)22)27-15(23)29-16)10-4-9(7-25-13(10)19)26-14(28)11-3-2-8(18)6-24-11/h2-4,6-7,12H,5H2,1H3,(H2,23,27)(H,26,28)/t12-,16-/m0/s1. The molecule has 0 bridgehead atoms. The van der Waals surface area contributed by atoms with Crippen LogP contribution in [0.2, 0.25) is 5.02 Å². The van der Waals surface area contributed by atoms with E-state index in [1.807, 2.05) is 0 Å². The summed E-state index contributed by atoms with van der Waals surface area (Å²) < 4.78 is 59.0. The molecule has 3 heterocycles. The van der Waals surface area contributed by atoms with Crippen molar-refractivity contribution in [3.05, 3.63) is 52.8 Å². The molecule has 2 atom stereocenters. The van der Waals surface area contributed by atoms with Crippen molar-refractivity contribution in [2.45, 2.75) is 31.2 Å². The number of nitrogens with one attached hydrogen (secondary N) is 1. The van der Waals surface area contributed by atoms with Gasteiger partial charge < -0.3 is 15.8 Å². The highest BCUT2D eigenvalue weighted by Crippen LogP contribution is 2.40. The summed E-state index contributed by atoms with van der Waals surface area (Å²) in [6.45, 7) is 1.24. The number of carbonyl (C=O) groups excluding carboxylic acids is 1. The lowest BCUT2D eigenvalue weighted by Gasteiger charge is -2.37. The van der Waals surface area contributed by atoms with Gasteiger partial charge in [0.1, 0.15) is 11.3 Å². The lowest BCUT2D eigenvalue weighted by molar-refractivity contribution is -0.164. The third-order valence-electron chi connectivity index (χ3n) is 4.20. The van der Waals surface area contributed by atoms with Gasteiger partial charge in [-0.15, -0.1) is 0 Å². The Bertz CT molecular complexity index is 967. The zero-order valence-electron chi connectivity index (χ0n) is 14.8. The molecule has 1 aliphatic heterocycles. The van der Waals surface area contributed by atoms with Crippen LogP contribution in [0.15, 0.2) is 35.6 Å². The van der Waals surface area contributed by atoms with Crippen molar-refractivity contribution in [3.8, 4) is 0 Å². The van der Waals surface area contributed by atoms with Crippen molar-refractivity contribution >= 4 is 29.2 Å². The number of ether oxygens (including phenoxy) is 1. The van der Waals surface area contributed by atoms with Crippen molar-refractivity contribution in [2.75, 3.05) is 5.32 Å². The highest BCUT2D eigenvalue weighted by molar-refractivity contribution is 6.30. The monoisotopic (exact) mass is 431 g/mol. The summed E-state index contributed by atoms with van der Waals surface area (Å²) in [7, 11) is 0. The van der Waals surface area contributed by atoms with Crippen LogP contribution in [0.4, 0.5) is 23.2 Å². The van der Waals surface area contributed by atoms with Crippen LogP contribution in [-0.4, -0.2) is 34.1 Å². The van der Waals surface area contributed by atoms with Crippen LogP contribution in [0.25, 0.3) is 0 Å². The van der Waals surface area contributed by atoms with Crippen LogP contribution in [0.5, 0.6) is 0 Å². The van der Waals surface area contributed by atoms with E-state index in [0.717, 1.165) is 12.3 Å². The molecule has 2 aromatic heterocycles. The summed E-state index contributed by atoms with van der Waals surface area (Å²) in [5.41, 5.74) is 3.32. The van der Waals surface area contributed by atoms with Crippen molar-refractivity contribution in [3.63, 3.8) is 0 Å². The summed E-state index contributed by atoms with van der Waals surface area (Å²) in [4.78, 5) is 22.8. The van der Waals surface area contributed by atoms with Gasteiger partial charge in [0, 0.05) is 12.6 Å². The third-order valence-corrected chi connectivity index (χ3v) is 4.42. The topological polar surface area (TPSA) is 102 Å². The van der Waals surface area contributed by atoms with Crippen LogP contribution in [0.1, 0.15) is 29.4 Å². The summed E-state index contributed by atoms with van der Waals surface area (Å²) in [5, 5.41) is 2.77. The second kappa shape index (κ2) is 7.47. The number of amidine groups is 1. The number of aromatic nitrogens is 2. The molecule has 3 N–H and O–H groups in total. The first-order chi connectivity index (χ1) is 13.5. The van der Waals surface area contributed by atoms with Gasteiger partial charge in [0.25, 0.3) is 11.9 Å². The number of halogens is 5. The number of anilines is 1. The molecular weight excluding hydrogens is 418 g/mol. The zero-order valence-corrected chi connectivity index (χ0v) is 15.6. The molecule has 0 saturated heterocycles. The number of nitrogens with two attached hydrogens (primary N) is 1. The van der Waals surface area contributed by atoms with E-state index in [9.17, 15) is 22.4 Å². The molecule has 2 aromatic rings. The van der Waals surface area contributed by atoms with Gasteiger partial charge in [0.05, 0.1) is 22.5 Å². The maximum atomic E-state index is 14.4. The normalized spacial score (nSPS) is 21.9. The maximum Gasteiger partial charge on any atom is 0.411 e. The van der Waals surface area contributed by atoms with E-state index in [-0.39, 0.29) is 16.9 Å². The molecule has 0 saturated carbocycles. The minimum Gasteiger partial charge on any atom is -0.454 e. The molecule has 154 valence electrons. The number of aliphatic imine (C=N–C) groups is 1. The van der Waals surface area contributed by atoms with Gasteiger partial charge in [-0.25, -0.2) is 15.0 Å². The molecule has 0 radical (unpaired) electrons. The minimum absolute atomic E-state index is 0.0221. The van der Waals surface area contributed by atoms with Gasteiger partial charge in [0.2, 0.25) is 5.95 Å². The Labute approximate surface area is 167 Å². The molecule has 0 spiro atoms. The number of pyridine rings is 2. The molecule has 0 aliphatic carbocycles. The summed E-state index contributed by atoms with van der Waals surface area (Å²) in [6, 6.07) is 1.06. The van der Waals surface area contributed by atoms with Crippen LogP contribution in [0, 0.1) is 5.95 Å². The zero-order chi connectivity index (χ0) is 21.4. The number of alkyl halides is 3. The average Bonchev–Trinajstić information content (AvgIpc) is 2.62. The highest BCUT2D eigenvalue weighted by Gasteiger charge is 2.49. The van der Waals surface area contributed by atoms with E-state index in [1.54, 1.807) is 0 Å². The molecule has 12 heteroatoms. The fourth-order valence-electron chi connectivity index (χ4n) is 2.81. The van der Waals surface area contributed by atoms with Gasteiger partial charge >= 0.3 is 6.18 Å². The van der Waals surface area contributed by atoms with Crippen LogP contribution < -0.4 is 11.1 Å². The highest BCUT2D eigenvalue weighted by atomic mass is 35.5. The summed E-state index contributed by atoms with van der Waals surface area (Å²) in [6.07, 6.45) is -3.13. The Balaban J connectivity index is 1.90. The minimum atomic E-state index is -4.69. The molecular formula is C17H14ClF4N5O2. The van der Waals surface area contributed by atoms with E-state index >= 15 is 0 Å². The molecule has 1 aliphatic rings. The van der Waals surface area contributed by atoms with Crippen molar-refractivity contribution in [1.82, 2.24) is 9.97 Å². The second-order valence-electron chi connectivity index (χ2n) is 6.44. The number of carbonyl (C=O) groups is 1. The number of hydrogen-bond acceptors (Lipinski definition) is 6. The van der Waals surface area contributed by atoms with E-state index in [2.05, 4.69) is 20.3 Å². The maximum absolute atomic E-state index is 14.4. The van der Waals surface area contributed by atoms with Crippen molar-refractivity contribution < 1.29 is 27.1 Å². The number of nitrogens with zero attached hydrogens (tertiary/aromatic N) is 3. The second-order valence-corrected chi connectivity index (χ2v) is 6.88. The fraction of sp³-hybridized carbons (Fsp3) is 0.294. The Kier molecular flexibility index (Phi) is 5.35. The SMILES string of the molecule is C[C@@]1(c2cc(NC(=O)c3ccc(Cl)cn3)cnc2F)C[C@@H](C(F)(F)F)N=C(N)O1. The Morgan fingerprint density at radius 1 is 1.34 bits per heavy atom. The van der Waals surface area contributed by atoms with Gasteiger partial charge in [-0.1, -0.05) is 11.6 Å². The fourth-order valence-corrected chi connectivity index (χ4v) is 2.93. The van der Waals surface area contributed by atoms with Gasteiger partial charge in [-0.2, -0.15) is 17.6 Å². The summed E-state index contributed by atoms with van der Waals surface area (Å²) in [5.74, 6) is -1.71. The Hall–Kier alpha value is -2.95. The first-order valence-corrected chi connectivity index (χ1v) is 8.54. The molecule has 0 fully saturated rings. The Morgan fingerprint density at radius 2 is 2.07 bits per heavy atom. The van der Waals surface area contributed by atoms with Crippen LogP contribution in [0.3, 0.4) is 0 Å². The third kappa shape index (κ3) is 4.56. The molecule has 0 aromatic carbocycles. The molecule has 0 unspecified atom stereocenters. The quantitative estimate of drug-likeness (QED) is 0.572. The molecule has 1 amide bonds. The van der Waals surface area contributed by atoms with E-state index in [0.29, 0.717) is 5.02 Å². The van der Waals surface area contributed by atoms with Gasteiger partial charge in [-0.05, 0) is 25.1 Å². The average molecular weight is 432 g/mol. The van der Waals surface area contributed by atoms with E-state index < -0.39 is 42.1 Å². The predicted octanol–water partition coefficient (Wildman–Crippen LogP) is 3.40. The first-order valence-electron chi connectivity index (χ1n) is 8.16. The molecule has 29 heavy (non-hydrogen) atoms. The Morgan fingerprint density at radius 3 is 2.69 bits per heavy atom. The van der Waals surface area contributed by atoms with Crippen molar-refractivity contribution in [1.29, 1.82) is 0 Å². The lowest BCUT2D eigenvalue weighted by atomic mass is 9.88. The number of amides is 1. The first kappa shape index (κ1) is 20.8. The smallest absolute Gasteiger partial charge is 0.411 e. The van der Waals surface area contributed by atoms with Crippen LogP contribution in [-0.2, 0) is 10.3 Å². The predicted molar refractivity (Wildman–Crippen MR) is 95.9 cm³/mol. The van der Waals surface area contributed by atoms with Crippen molar-refractivity contribution in [2.24, 2.45) is 10.7 Å². The summed E-state index contributed by atoms with van der Waals surface area (Å²) >= 11 is 5.71. The van der Waals surface area contributed by atoms with Gasteiger partial charge in [0.15, 0.2) is 6.04 Å².